The minimum Gasteiger partial charge on any atom is -0.379 e. The third kappa shape index (κ3) is 4.08. The summed E-state index contributed by atoms with van der Waals surface area (Å²) in [5.41, 5.74) is 2.33. The molecule has 3 heterocycles. The van der Waals surface area contributed by atoms with Crippen molar-refractivity contribution in [3.63, 3.8) is 0 Å². The number of nitrogens with zero attached hydrogens (tertiary/aromatic N) is 4. The first kappa shape index (κ1) is 16.4. The molecule has 0 radical (unpaired) electrons. The molecule has 0 bridgehead atoms. The minimum atomic E-state index is 0.00670. The molecule has 0 aromatic carbocycles. The number of pyridine rings is 2. The van der Waals surface area contributed by atoms with E-state index in [1.54, 1.807) is 12.4 Å². The van der Waals surface area contributed by atoms with Gasteiger partial charge in [0.25, 0.3) is 5.91 Å². The maximum absolute atomic E-state index is 12.6. The Bertz CT molecular complexity index is 668. The van der Waals surface area contributed by atoms with Gasteiger partial charge in [-0.15, -0.1) is 0 Å². The highest BCUT2D eigenvalue weighted by atomic mass is 16.2. The van der Waals surface area contributed by atoms with Crippen LogP contribution in [-0.4, -0.2) is 58.4 Å². The van der Waals surface area contributed by atoms with Crippen LogP contribution >= 0.6 is 0 Å². The summed E-state index contributed by atoms with van der Waals surface area (Å²) in [6.45, 7) is 7.19. The maximum atomic E-state index is 12.6. The summed E-state index contributed by atoms with van der Waals surface area (Å²) in [6.07, 6.45) is 3.45. The molecule has 0 saturated carbocycles. The number of aromatic nitrogens is 2. The average Bonchev–Trinajstić information content (AvgIpc) is 2.67. The van der Waals surface area contributed by atoms with Gasteiger partial charge in [0.05, 0.1) is 12.2 Å². The molecule has 6 heteroatoms. The second kappa shape index (κ2) is 7.88. The van der Waals surface area contributed by atoms with E-state index in [4.69, 9.17) is 0 Å². The highest BCUT2D eigenvalue weighted by Crippen LogP contribution is 2.13. The van der Waals surface area contributed by atoms with Gasteiger partial charge in [-0.25, -0.2) is 0 Å². The molecule has 0 aliphatic carbocycles. The molecule has 1 saturated heterocycles. The third-order valence-corrected chi connectivity index (χ3v) is 4.29. The smallest absolute Gasteiger partial charge is 0.272 e. The molecule has 126 valence electrons. The van der Waals surface area contributed by atoms with E-state index in [2.05, 4.69) is 27.1 Å². The largest absolute Gasteiger partial charge is 0.379 e. The van der Waals surface area contributed by atoms with Crippen LogP contribution < -0.4 is 5.32 Å². The monoisotopic (exact) mass is 325 g/mol. The van der Waals surface area contributed by atoms with Crippen LogP contribution in [-0.2, 0) is 6.54 Å². The van der Waals surface area contributed by atoms with Crippen molar-refractivity contribution in [1.82, 2.24) is 19.8 Å². The number of nitrogens with one attached hydrogen (secondary N) is 1. The molecule has 3 rings (SSSR count). The second-order valence-corrected chi connectivity index (χ2v) is 5.83. The van der Waals surface area contributed by atoms with E-state index in [9.17, 15) is 4.79 Å². The van der Waals surface area contributed by atoms with E-state index >= 15 is 0 Å². The topological polar surface area (TPSA) is 61.4 Å². The summed E-state index contributed by atoms with van der Waals surface area (Å²) in [6, 6.07) is 9.51. The lowest BCUT2D eigenvalue weighted by atomic mass is 10.2. The van der Waals surface area contributed by atoms with E-state index < -0.39 is 0 Å². The molecule has 2 aromatic heterocycles. The Kier molecular flexibility index (Phi) is 5.38. The van der Waals surface area contributed by atoms with Crippen LogP contribution in [0.3, 0.4) is 0 Å². The molecule has 1 amide bonds. The summed E-state index contributed by atoms with van der Waals surface area (Å²) in [7, 11) is 0. The Labute approximate surface area is 142 Å². The fraction of sp³-hybridized carbons (Fsp3) is 0.389. The summed E-state index contributed by atoms with van der Waals surface area (Å²) < 4.78 is 0. The molecule has 0 unspecified atom stereocenters. The zero-order chi connectivity index (χ0) is 16.8. The average molecular weight is 325 g/mol. The highest BCUT2D eigenvalue weighted by Gasteiger charge is 2.22. The standard InChI is InChI=1S/C18H23N5O/c1-2-22-9-11-23(12-10-22)18(24)17-13-15(6-8-20-17)21-14-16-5-3-4-7-19-16/h3-8,13H,2,9-12,14H2,1H3,(H,20,21). The molecule has 1 N–H and O–H groups in total. The summed E-state index contributed by atoms with van der Waals surface area (Å²) in [5.74, 6) is 0.00670. The number of likely N-dealkylation sites (N-methyl/N-ethyl adjacent to an activating group) is 1. The van der Waals surface area contributed by atoms with Gasteiger partial charge in [-0.3, -0.25) is 14.8 Å². The number of rotatable bonds is 5. The van der Waals surface area contributed by atoms with E-state index in [1.165, 1.54) is 0 Å². The molecule has 2 aromatic rings. The zero-order valence-corrected chi connectivity index (χ0v) is 14.0. The lowest BCUT2D eigenvalue weighted by molar-refractivity contribution is 0.0637. The SMILES string of the molecule is CCN1CCN(C(=O)c2cc(NCc3ccccn3)ccn2)CC1. The van der Waals surface area contributed by atoms with Gasteiger partial charge < -0.3 is 15.1 Å². The Balaban J connectivity index is 1.61. The van der Waals surface area contributed by atoms with Crippen molar-refractivity contribution in [1.29, 1.82) is 0 Å². The van der Waals surface area contributed by atoms with Crippen molar-refractivity contribution < 1.29 is 4.79 Å². The van der Waals surface area contributed by atoms with Crippen LogP contribution in [0, 0.1) is 0 Å². The number of anilines is 1. The molecule has 1 aliphatic rings. The normalized spacial score (nSPS) is 15.3. The molecule has 6 nitrogen and oxygen atoms in total. The second-order valence-electron chi connectivity index (χ2n) is 5.83. The van der Waals surface area contributed by atoms with E-state index in [0.717, 1.165) is 44.1 Å². The Morgan fingerprint density at radius 1 is 1.12 bits per heavy atom. The van der Waals surface area contributed by atoms with Gasteiger partial charge in [-0.1, -0.05) is 13.0 Å². The van der Waals surface area contributed by atoms with Gasteiger partial charge in [0.1, 0.15) is 5.69 Å². The quantitative estimate of drug-likeness (QED) is 0.909. The third-order valence-electron chi connectivity index (χ3n) is 4.29. The van der Waals surface area contributed by atoms with Gasteiger partial charge in [0, 0.05) is 44.3 Å². The molecular weight excluding hydrogens is 302 g/mol. The highest BCUT2D eigenvalue weighted by molar-refractivity contribution is 5.93. The lowest BCUT2D eigenvalue weighted by Gasteiger charge is -2.33. The Morgan fingerprint density at radius 2 is 1.96 bits per heavy atom. The summed E-state index contributed by atoms with van der Waals surface area (Å²) >= 11 is 0. The Morgan fingerprint density at radius 3 is 2.67 bits per heavy atom. The van der Waals surface area contributed by atoms with Crippen LogP contribution in [0.5, 0.6) is 0 Å². The number of piperazine rings is 1. The van der Waals surface area contributed by atoms with E-state index in [0.29, 0.717) is 12.2 Å². The van der Waals surface area contributed by atoms with Gasteiger partial charge >= 0.3 is 0 Å². The van der Waals surface area contributed by atoms with Crippen molar-refractivity contribution in [3.8, 4) is 0 Å². The van der Waals surface area contributed by atoms with Crippen LogP contribution in [0.4, 0.5) is 5.69 Å². The Hall–Kier alpha value is -2.47. The summed E-state index contributed by atoms with van der Waals surface area (Å²) in [4.78, 5) is 25.4. The number of carbonyl (C=O) groups excluding carboxylic acids is 1. The van der Waals surface area contributed by atoms with Gasteiger partial charge in [0.15, 0.2) is 0 Å². The zero-order valence-electron chi connectivity index (χ0n) is 14.0. The number of amides is 1. The van der Waals surface area contributed by atoms with Crippen LogP contribution in [0.15, 0.2) is 42.7 Å². The van der Waals surface area contributed by atoms with Crippen molar-refractivity contribution in [2.45, 2.75) is 13.5 Å². The fourth-order valence-electron chi connectivity index (χ4n) is 2.78. The van der Waals surface area contributed by atoms with Crippen molar-refractivity contribution in [2.24, 2.45) is 0 Å². The predicted octanol–water partition coefficient (Wildman–Crippen LogP) is 1.87. The predicted molar refractivity (Wildman–Crippen MR) is 93.8 cm³/mol. The van der Waals surface area contributed by atoms with Crippen LogP contribution in [0.25, 0.3) is 0 Å². The molecule has 1 aliphatic heterocycles. The molecule has 0 atom stereocenters. The van der Waals surface area contributed by atoms with Gasteiger partial charge in [-0.05, 0) is 30.8 Å². The van der Waals surface area contributed by atoms with E-state index in [-0.39, 0.29) is 5.91 Å². The lowest BCUT2D eigenvalue weighted by Crippen LogP contribution is -2.48. The molecule has 1 fully saturated rings. The molecule has 24 heavy (non-hydrogen) atoms. The fourth-order valence-corrected chi connectivity index (χ4v) is 2.78. The van der Waals surface area contributed by atoms with Gasteiger partial charge in [0.2, 0.25) is 0 Å². The molecular formula is C18H23N5O. The first-order valence-corrected chi connectivity index (χ1v) is 8.37. The maximum Gasteiger partial charge on any atom is 0.272 e. The van der Waals surface area contributed by atoms with E-state index in [1.807, 2.05) is 35.2 Å². The van der Waals surface area contributed by atoms with Crippen LogP contribution in [0.1, 0.15) is 23.1 Å². The molecule has 0 spiro atoms. The minimum absolute atomic E-state index is 0.00670. The first-order valence-electron chi connectivity index (χ1n) is 8.37. The van der Waals surface area contributed by atoms with Crippen LogP contribution in [0.2, 0.25) is 0 Å². The first-order chi connectivity index (χ1) is 11.8. The van der Waals surface area contributed by atoms with Crippen molar-refractivity contribution >= 4 is 11.6 Å². The number of carbonyl (C=O) groups is 1. The number of hydrogen-bond donors (Lipinski definition) is 1. The van der Waals surface area contributed by atoms with Crippen molar-refractivity contribution in [2.75, 3.05) is 38.0 Å². The summed E-state index contributed by atoms with van der Waals surface area (Å²) in [5, 5.41) is 3.29. The van der Waals surface area contributed by atoms with Crippen molar-refractivity contribution in [3.05, 3.63) is 54.1 Å². The van der Waals surface area contributed by atoms with Gasteiger partial charge in [-0.2, -0.15) is 0 Å². The number of hydrogen-bond acceptors (Lipinski definition) is 5.